The van der Waals surface area contributed by atoms with Crippen molar-refractivity contribution in [3.8, 4) is 0 Å². The predicted octanol–water partition coefficient (Wildman–Crippen LogP) is 3.86. The van der Waals surface area contributed by atoms with Gasteiger partial charge in [0.1, 0.15) is 0 Å². The van der Waals surface area contributed by atoms with Gasteiger partial charge in [-0.3, -0.25) is 0 Å². The van der Waals surface area contributed by atoms with E-state index in [-0.39, 0.29) is 6.03 Å². The molecule has 0 unspecified atom stereocenters. The van der Waals surface area contributed by atoms with E-state index in [0.717, 1.165) is 36.5 Å². The molecular formula is C15H18ClN3OS. The van der Waals surface area contributed by atoms with Crippen LogP contribution < -0.4 is 5.32 Å². The number of halogens is 1. The van der Waals surface area contributed by atoms with Crippen molar-refractivity contribution >= 4 is 39.2 Å². The summed E-state index contributed by atoms with van der Waals surface area (Å²) < 4.78 is 1.18. The molecule has 0 atom stereocenters. The van der Waals surface area contributed by atoms with Crippen molar-refractivity contribution in [1.29, 1.82) is 0 Å². The smallest absolute Gasteiger partial charge is 0.317 e. The third-order valence-electron chi connectivity index (χ3n) is 3.83. The van der Waals surface area contributed by atoms with Crippen LogP contribution in [0.5, 0.6) is 0 Å². The summed E-state index contributed by atoms with van der Waals surface area (Å²) in [5.74, 6) is 0.451. The number of aromatic nitrogens is 1. The SMILES string of the molecule is CCNC(=O)N1CCC(c2nc3cc(Cl)ccc3s2)CC1. The van der Waals surface area contributed by atoms with Gasteiger partial charge in [-0.1, -0.05) is 11.6 Å². The average Bonchev–Trinajstić information content (AvgIpc) is 2.90. The van der Waals surface area contributed by atoms with Crippen LogP contribution in [0.15, 0.2) is 18.2 Å². The summed E-state index contributed by atoms with van der Waals surface area (Å²) in [4.78, 5) is 18.4. The molecule has 4 nitrogen and oxygen atoms in total. The van der Waals surface area contributed by atoms with E-state index >= 15 is 0 Å². The number of benzene rings is 1. The Morgan fingerprint density at radius 3 is 2.95 bits per heavy atom. The summed E-state index contributed by atoms with van der Waals surface area (Å²) >= 11 is 7.75. The fraction of sp³-hybridized carbons (Fsp3) is 0.467. The van der Waals surface area contributed by atoms with E-state index in [1.54, 1.807) is 11.3 Å². The predicted molar refractivity (Wildman–Crippen MR) is 87.3 cm³/mol. The van der Waals surface area contributed by atoms with Crippen molar-refractivity contribution in [2.75, 3.05) is 19.6 Å². The number of nitrogens with zero attached hydrogens (tertiary/aromatic N) is 2. The molecule has 1 N–H and O–H groups in total. The number of thiazole rings is 1. The Kier molecular flexibility index (Phi) is 4.31. The number of amides is 2. The number of carbonyl (C=O) groups is 1. The first-order valence-electron chi connectivity index (χ1n) is 7.26. The molecule has 6 heteroatoms. The highest BCUT2D eigenvalue weighted by atomic mass is 35.5. The van der Waals surface area contributed by atoms with Crippen molar-refractivity contribution in [1.82, 2.24) is 15.2 Å². The number of nitrogens with one attached hydrogen (secondary N) is 1. The Morgan fingerprint density at radius 1 is 1.48 bits per heavy atom. The van der Waals surface area contributed by atoms with Crippen LogP contribution in [0.4, 0.5) is 4.79 Å². The summed E-state index contributed by atoms with van der Waals surface area (Å²) in [6.45, 7) is 4.22. The minimum Gasteiger partial charge on any atom is -0.338 e. The summed E-state index contributed by atoms with van der Waals surface area (Å²) in [6, 6.07) is 5.90. The first-order valence-corrected chi connectivity index (χ1v) is 8.45. The van der Waals surface area contributed by atoms with Crippen LogP contribution in [0.1, 0.15) is 30.7 Å². The molecule has 0 saturated carbocycles. The maximum absolute atomic E-state index is 11.8. The van der Waals surface area contributed by atoms with Crippen LogP contribution in [0.2, 0.25) is 5.02 Å². The molecule has 2 heterocycles. The molecule has 2 aromatic rings. The van der Waals surface area contributed by atoms with Crippen molar-refractivity contribution in [3.05, 3.63) is 28.2 Å². The van der Waals surface area contributed by atoms with Crippen LogP contribution in [0.25, 0.3) is 10.2 Å². The number of piperidine rings is 1. The molecule has 1 aliphatic heterocycles. The van der Waals surface area contributed by atoms with E-state index in [1.165, 1.54) is 9.71 Å². The van der Waals surface area contributed by atoms with Crippen molar-refractivity contribution in [3.63, 3.8) is 0 Å². The van der Waals surface area contributed by atoms with Crippen LogP contribution in [-0.2, 0) is 0 Å². The number of hydrogen-bond acceptors (Lipinski definition) is 3. The molecule has 21 heavy (non-hydrogen) atoms. The van der Waals surface area contributed by atoms with E-state index in [4.69, 9.17) is 16.6 Å². The minimum absolute atomic E-state index is 0.0482. The average molecular weight is 324 g/mol. The minimum atomic E-state index is 0.0482. The zero-order valence-corrected chi connectivity index (χ0v) is 13.5. The lowest BCUT2D eigenvalue weighted by atomic mass is 9.98. The second-order valence-electron chi connectivity index (χ2n) is 5.26. The van der Waals surface area contributed by atoms with Gasteiger partial charge in [0, 0.05) is 30.6 Å². The number of hydrogen-bond donors (Lipinski definition) is 1. The highest BCUT2D eigenvalue weighted by Gasteiger charge is 2.25. The highest BCUT2D eigenvalue weighted by molar-refractivity contribution is 7.18. The van der Waals surface area contributed by atoms with E-state index in [9.17, 15) is 4.79 Å². The summed E-state index contributed by atoms with van der Waals surface area (Å²) in [5, 5.41) is 4.75. The monoisotopic (exact) mass is 323 g/mol. The molecular weight excluding hydrogens is 306 g/mol. The van der Waals surface area contributed by atoms with Crippen LogP contribution >= 0.6 is 22.9 Å². The highest BCUT2D eigenvalue weighted by Crippen LogP contribution is 2.34. The maximum Gasteiger partial charge on any atom is 0.317 e. The number of carbonyl (C=O) groups excluding carboxylic acids is 1. The van der Waals surface area contributed by atoms with Gasteiger partial charge >= 0.3 is 6.03 Å². The third kappa shape index (κ3) is 3.14. The van der Waals surface area contributed by atoms with Crippen molar-refractivity contribution < 1.29 is 4.79 Å². The second-order valence-corrected chi connectivity index (χ2v) is 6.76. The van der Waals surface area contributed by atoms with E-state index < -0.39 is 0 Å². The number of rotatable bonds is 2. The van der Waals surface area contributed by atoms with E-state index in [1.807, 2.05) is 30.0 Å². The zero-order valence-electron chi connectivity index (χ0n) is 11.9. The fourth-order valence-electron chi connectivity index (χ4n) is 2.69. The molecule has 0 aliphatic carbocycles. The normalized spacial score (nSPS) is 16.4. The number of fused-ring (bicyclic) bond motifs is 1. The molecule has 1 fully saturated rings. The van der Waals surface area contributed by atoms with Gasteiger partial charge in [0.05, 0.1) is 15.2 Å². The Morgan fingerprint density at radius 2 is 2.24 bits per heavy atom. The van der Waals surface area contributed by atoms with Crippen LogP contribution in [0.3, 0.4) is 0 Å². The van der Waals surface area contributed by atoms with Gasteiger partial charge in [-0.05, 0) is 38.0 Å². The summed E-state index contributed by atoms with van der Waals surface area (Å²) in [5.41, 5.74) is 0.980. The fourth-order valence-corrected chi connectivity index (χ4v) is 3.97. The van der Waals surface area contributed by atoms with Gasteiger partial charge < -0.3 is 10.2 Å². The zero-order chi connectivity index (χ0) is 14.8. The summed E-state index contributed by atoms with van der Waals surface area (Å²) in [6.07, 6.45) is 1.95. The van der Waals surface area contributed by atoms with Gasteiger partial charge in [0.25, 0.3) is 0 Å². The van der Waals surface area contributed by atoms with Crippen LogP contribution in [-0.4, -0.2) is 35.5 Å². The molecule has 1 aromatic carbocycles. The molecule has 0 bridgehead atoms. The molecule has 112 valence electrons. The van der Waals surface area contributed by atoms with Gasteiger partial charge in [-0.2, -0.15) is 0 Å². The Balaban J connectivity index is 1.69. The Labute approximate surface area is 133 Å². The van der Waals surface area contributed by atoms with Crippen molar-refractivity contribution in [2.45, 2.75) is 25.7 Å². The third-order valence-corrected chi connectivity index (χ3v) is 5.26. The van der Waals surface area contributed by atoms with E-state index in [2.05, 4.69) is 5.32 Å². The van der Waals surface area contributed by atoms with E-state index in [0.29, 0.717) is 12.5 Å². The topological polar surface area (TPSA) is 45.2 Å². The number of likely N-dealkylation sites (tertiary alicyclic amines) is 1. The summed E-state index contributed by atoms with van der Waals surface area (Å²) in [7, 11) is 0. The Bertz CT molecular complexity index is 649. The number of urea groups is 1. The molecule has 0 spiro atoms. The van der Waals surface area contributed by atoms with Crippen molar-refractivity contribution in [2.24, 2.45) is 0 Å². The van der Waals surface area contributed by atoms with Crippen LogP contribution in [0, 0.1) is 0 Å². The lowest BCUT2D eigenvalue weighted by Gasteiger charge is -2.31. The standard InChI is InChI=1S/C15H18ClN3OS/c1-2-17-15(20)19-7-5-10(6-8-19)14-18-12-9-11(16)3-4-13(12)21-14/h3-4,9-10H,2,5-8H2,1H3,(H,17,20). The van der Waals surface area contributed by atoms with Gasteiger partial charge in [0.2, 0.25) is 0 Å². The van der Waals surface area contributed by atoms with Gasteiger partial charge in [-0.15, -0.1) is 11.3 Å². The molecule has 2 amide bonds. The largest absolute Gasteiger partial charge is 0.338 e. The Hall–Kier alpha value is -1.33. The first kappa shape index (κ1) is 14.6. The second kappa shape index (κ2) is 6.20. The lowest BCUT2D eigenvalue weighted by Crippen LogP contribution is -2.44. The lowest BCUT2D eigenvalue weighted by molar-refractivity contribution is 0.182. The first-order chi connectivity index (χ1) is 10.2. The molecule has 1 aromatic heterocycles. The molecule has 3 rings (SSSR count). The molecule has 1 saturated heterocycles. The molecule has 0 radical (unpaired) electrons. The van der Waals surface area contributed by atoms with Gasteiger partial charge in [-0.25, -0.2) is 9.78 Å². The van der Waals surface area contributed by atoms with Gasteiger partial charge in [0.15, 0.2) is 0 Å². The quantitative estimate of drug-likeness (QED) is 0.912. The molecule has 1 aliphatic rings. The maximum atomic E-state index is 11.8.